The Hall–Kier alpha value is -1.94. The Bertz CT molecular complexity index is 614. The van der Waals surface area contributed by atoms with Gasteiger partial charge in [0.2, 0.25) is 0 Å². The van der Waals surface area contributed by atoms with Gasteiger partial charge in [0.15, 0.2) is 6.29 Å². The van der Waals surface area contributed by atoms with Gasteiger partial charge in [-0.2, -0.15) is 0 Å². The average molecular weight is 283 g/mol. The second kappa shape index (κ2) is 5.80. The number of rotatable bonds is 4. The average Bonchev–Trinajstić information content (AvgIpc) is 2.39. The van der Waals surface area contributed by atoms with Gasteiger partial charge >= 0.3 is 0 Å². The predicted molar refractivity (Wildman–Crippen MR) is 67.5 cm³/mol. The number of halogens is 3. The molecule has 0 aliphatic carbocycles. The highest BCUT2D eigenvalue weighted by Gasteiger charge is 2.07. The highest BCUT2D eigenvalue weighted by molar-refractivity contribution is 6.30. The summed E-state index contributed by atoms with van der Waals surface area (Å²) in [5.74, 6) is -1.05. The number of benzene rings is 2. The number of aldehydes is 1. The first-order chi connectivity index (χ1) is 9.10. The molecule has 0 aromatic heterocycles. The third-order valence-electron chi connectivity index (χ3n) is 2.50. The van der Waals surface area contributed by atoms with Crippen molar-refractivity contribution < 1.29 is 18.3 Å². The molecule has 0 radical (unpaired) electrons. The van der Waals surface area contributed by atoms with Gasteiger partial charge in [-0.1, -0.05) is 11.6 Å². The van der Waals surface area contributed by atoms with E-state index in [1.54, 1.807) is 6.07 Å². The lowest BCUT2D eigenvalue weighted by Gasteiger charge is -2.09. The first kappa shape index (κ1) is 13.5. The zero-order chi connectivity index (χ0) is 13.8. The zero-order valence-corrected chi connectivity index (χ0v) is 10.5. The second-order valence-corrected chi connectivity index (χ2v) is 4.26. The van der Waals surface area contributed by atoms with E-state index in [0.717, 1.165) is 12.1 Å². The van der Waals surface area contributed by atoms with E-state index in [9.17, 15) is 13.6 Å². The normalized spacial score (nSPS) is 10.3. The lowest BCUT2D eigenvalue weighted by molar-refractivity contribution is 0.111. The Kier molecular flexibility index (Phi) is 4.12. The summed E-state index contributed by atoms with van der Waals surface area (Å²) in [4.78, 5) is 10.8. The van der Waals surface area contributed by atoms with Crippen LogP contribution in [0.5, 0.6) is 5.75 Å². The highest BCUT2D eigenvalue weighted by atomic mass is 35.5. The van der Waals surface area contributed by atoms with E-state index < -0.39 is 11.6 Å². The largest absolute Gasteiger partial charge is 0.488 e. The molecule has 0 unspecified atom stereocenters. The maximum atomic E-state index is 13.4. The van der Waals surface area contributed by atoms with Gasteiger partial charge in [0.05, 0.1) is 5.56 Å². The predicted octanol–water partition coefficient (Wildman–Crippen LogP) is 4.01. The Labute approximate surface area is 113 Å². The molecule has 2 aromatic rings. The fourth-order valence-corrected chi connectivity index (χ4v) is 1.72. The summed E-state index contributed by atoms with van der Waals surface area (Å²) in [5, 5.41) is 0.405. The summed E-state index contributed by atoms with van der Waals surface area (Å²) in [5.41, 5.74) is 0.475. The molecule has 0 atom stereocenters. The molecule has 98 valence electrons. The number of hydrogen-bond donors (Lipinski definition) is 0. The molecule has 0 aliphatic rings. The summed E-state index contributed by atoms with van der Waals surface area (Å²) in [6, 6.07) is 7.75. The molecule has 2 nitrogen and oxygen atoms in total. The van der Waals surface area contributed by atoms with Crippen LogP contribution in [0.3, 0.4) is 0 Å². The van der Waals surface area contributed by atoms with Crippen LogP contribution in [0, 0.1) is 11.6 Å². The van der Waals surface area contributed by atoms with Gasteiger partial charge < -0.3 is 4.74 Å². The van der Waals surface area contributed by atoms with Crippen molar-refractivity contribution in [1.82, 2.24) is 0 Å². The Morgan fingerprint density at radius 1 is 1.16 bits per heavy atom. The molecule has 5 heteroatoms. The van der Waals surface area contributed by atoms with Crippen molar-refractivity contribution in [3.63, 3.8) is 0 Å². The van der Waals surface area contributed by atoms with E-state index in [-0.39, 0.29) is 17.7 Å². The van der Waals surface area contributed by atoms with Crippen molar-refractivity contribution >= 4 is 17.9 Å². The topological polar surface area (TPSA) is 26.3 Å². The molecular formula is C14H9ClF2O2. The molecule has 0 saturated carbocycles. The van der Waals surface area contributed by atoms with E-state index in [1.807, 2.05) is 0 Å². The van der Waals surface area contributed by atoms with Crippen LogP contribution in [-0.4, -0.2) is 6.29 Å². The van der Waals surface area contributed by atoms with Crippen molar-refractivity contribution in [2.24, 2.45) is 0 Å². The van der Waals surface area contributed by atoms with Crippen LogP contribution in [0.4, 0.5) is 8.78 Å². The number of hydrogen-bond acceptors (Lipinski definition) is 2. The van der Waals surface area contributed by atoms with Gasteiger partial charge in [-0.3, -0.25) is 4.79 Å². The lowest BCUT2D eigenvalue weighted by Crippen LogP contribution is -2.01. The third kappa shape index (κ3) is 3.29. The lowest BCUT2D eigenvalue weighted by atomic mass is 10.2. The Morgan fingerprint density at radius 3 is 2.63 bits per heavy atom. The molecule has 0 N–H and O–H groups in total. The highest BCUT2D eigenvalue weighted by Crippen LogP contribution is 2.22. The van der Waals surface area contributed by atoms with Crippen molar-refractivity contribution in [3.05, 3.63) is 64.2 Å². The van der Waals surface area contributed by atoms with Crippen molar-refractivity contribution in [2.75, 3.05) is 0 Å². The molecular weight excluding hydrogens is 274 g/mol. The van der Waals surface area contributed by atoms with Crippen molar-refractivity contribution in [1.29, 1.82) is 0 Å². The summed E-state index contributed by atoms with van der Waals surface area (Å²) in [6.45, 7) is -0.103. The summed E-state index contributed by atoms with van der Waals surface area (Å²) in [6.07, 6.45) is 0.599. The molecule has 0 saturated heterocycles. The molecule has 0 fully saturated rings. The molecule has 2 aromatic carbocycles. The van der Waals surface area contributed by atoms with E-state index in [4.69, 9.17) is 16.3 Å². The standard InChI is InChI=1S/C14H9ClF2O2/c15-11-2-4-14(10(5-11)7-18)19-8-9-1-3-12(16)6-13(9)17/h1-7H,8H2. The van der Waals surface area contributed by atoms with Crippen molar-refractivity contribution in [3.8, 4) is 5.75 Å². The van der Waals surface area contributed by atoms with Gasteiger partial charge in [0.25, 0.3) is 0 Å². The van der Waals surface area contributed by atoms with Crippen molar-refractivity contribution in [2.45, 2.75) is 6.61 Å². The first-order valence-electron chi connectivity index (χ1n) is 5.41. The molecule has 0 heterocycles. The maximum Gasteiger partial charge on any atom is 0.153 e. The third-order valence-corrected chi connectivity index (χ3v) is 2.73. The van der Waals surface area contributed by atoms with Gasteiger partial charge in [-0.05, 0) is 30.3 Å². The smallest absolute Gasteiger partial charge is 0.153 e. The van der Waals surface area contributed by atoms with E-state index in [0.29, 0.717) is 17.1 Å². The van der Waals surface area contributed by atoms with E-state index in [2.05, 4.69) is 0 Å². The number of ether oxygens (including phenoxy) is 1. The number of carbonyl (C=O) groups excluding carboxylic acids is 1. The second-order valence-electron chi connectivity index (χ2n) is 3.82. The van der Waals surface area contributed by atoms with Crippen LogP contribution in [-0.2, 0) is 6.61 Å². The van der Waals surface area contributed by atoms with Crippen LogP contribution in [0.15, 0.2) is 36.4 Å². The van der Waals surface area contributed by atoms with Crippen LogP contribution < -0.4 is 4.74 Å². The SMILES string of the molecule is O=Cc1cc(Cl)ccc1OCc1ccc(F)cc1F. The molecule has 0 amide bonds. The summed E-state index contributed by atoms with van der Waals surface area (Å²) >= 11 is 5.74. The Balaban J connectivity index is 2.16. The van der Waals surface area contributed by atoms with Gasteiger partial charge in [0.1, 0.15) is 24.0 Å². The van der Waals surface area contributed by atoms with E-state index in [1.165, 1.54) is 18.2 Å². The molecule has 19 heavy (non-hydrogen) atoms. The zero-order valence-electron chi connectivity index (χ0n) is 9.70. The molecule has 0 aliphatic heterocycles. The maximum absolute atomic E-state index is 13.4. The fraction of sp³-hybridized carbons (Fsp3) is 0.0714. The minimum atomic E-state index is -0.693. The van der Waals surface area contributed by atoms with Crippen LogP contribution in [0.1, 0.15) is 15.9 Å². The Morgan fingerprint density at radius 2 is 1.95 bits per heavy atom. The minimum absolute atomic E-state index is 0.103. The van der Waals surface area contributed by atoms with Crippen LogP contribution >= 0.6 is 11.6 Å². The van der Waals surface area contributed by atoms with Gasteiger partial charge in [-0.15, -0.1) is 0 Å². The van der Waals surface area contributed by atoms with Gasteiger partial charge in [-0.25, -0.2) is 8.78 Å². The summed E-state index contributed by atoms with van der Waals surface area (Å²) < 4.78 is 31.5. The molecule has 0 spiro atoms. The van der Waals surface area contributed by atoms with Gasteiger partial charge in [0, 0.05) is 16.7 Å². The van der Waals surface area contributed by atoms with Crippen LogP contribution in [0.2, 0.25) is 5.02 Å². The summed E-state index contributed by atoms with van der Waals surface area (Å²) in [7, 11) is 0. The first-order valence-corrected chi connectivity index (χ1v) is 5.79. The molecule has 2 rings (SSSR count). The monoisotopic (exact) mass is 282 g/mol. The quantitative estimate of drug-likeness (QED) is 0.792. The van der Waals surface area contributed by atoms with E-state index >= 15 is 0 Å². The number of carbonyl (C=O) groups is 1. The minimum Gasteiger partial charge on any atom is -0.488 e. The fourth-order valence-electron chi connectivity index (χ4n) is 1.54. The van der Waals surface area contributed by atoms with Crippen LogP contribution in [0.25, 0.3) is 0 Å². The molecule has 0 bridgehead atoms.